The van der Waals surface area contributed by atoms with Crippen molar-refractivity contribution in [3.8, 4) is 0 Å². The van der Waals surface area contributed by atoms with Crippen LogP contribution in [-0.4, -0.2) is 107 Å². The topological polar surface area (TPSA) is 152 Å². The van der Waals surface area contributed by atoms with Crippen LogP contribution in [0.2, 0.25) is 0 Å². The number of ether oxygens (including phenoxy) is 2. The lowest BCUT2D eigenvalue weighted by molar-refractivity contribution is -0.166. The molecule has 1 aliphatic carbocycles. The molecule has 3 rings (SSSR count). The van der Waals surface area contributed by atoms with Crippen molar-refractivity contribution in [3.05, 3.63) is 35.9 Å². The third kappa shape index (κ3) is 10.4. The fourth-order valence-electron chi connectivity index (χ4n) is 5.86. The van der Waals surface area contributed by atoms with Crippen molar-refractivity contribution in [1.29, 1.82) is 0 Å². The van der Waals surface area contributed by atoms with E-state index >= 15 is 0 Å². The Labute approximate surface area is 259 Å². The van der Waals surface area contributed by atoms with Crippen molar-refractivity contribution >= 4 is 35.6 Å². The number of aliphatic hydroxyl groups excluding tert-OH is 1. The van der Waals surface area contributed by atoms with Crippen molar-refractivity contribution in [3.63, 3.8) is 0 Å². The van der Waals surface area contributed by atoms with Crippen LogP contribution in [0.1, 0.15) is 57.9 Å². The van der Waals surface area contributed by atoms with Gasteiger partial charge in [-0.15, -0.1) is 0 Å². The number of urea groups is 1. The molecule has 0 unspecified atom stereocenters. The highest BCUT2D eigenvalue weighted by Crippen LogP contribution is 2.31. The van der Waals surface area contributed by atoms with Gasteiger partial charge in [-0.05, 0) is 38.0 Å². The first kappa shape index (κ1) is 34.7. The zero-order valence-corrected chi connectivity index (χ0v) is 26.4. The molecule has 1 saturated carbocycles. The van der Waals surface area contributed by atoms with Gasteiger partial charge in [-0.3, -0.25) is 9.59 Å². The minimum atomic E-state index is -1.70. The second-order valence-corrected chi connectivity index (χ2v) is 12.6. The summed E-state index contributed by atoms with van der Waals surface area (Å²) in [4.78, 5) is 57.1. The third-order valence-corrected chi connectivity index (χ3v) is 8.68. The third-order valence-electron chi connectivity index (χ3n) is 8.03. The van der Waals surface area contributed by atoms with E-state index in [0.717, 1.165) is 37.7 Å². The van der Waals surface area contributed by atoms with Gasteiger partial charge in [0.05, 0.1) is 25.4 Å². The number of thioether (sulfide) groups is 1. The summed E-state index contributed by atoms with van der Waals surface area (Å²) in [6.45, 7) is 4.90. The molecule has 0 radical (unpaired) electrons. The van der Waals surface area contributed by atoms with Crippen LogP contribution in [0.15, 0.2) is 30.3 Å². The zero-order valence-electron chi connectivity index (χ0n) is 25.6. The van der Waals surface area contributed by atoms with E-state index in [4.69, 9.17) is 15.2 Å². The van der Waals surface area contributed by atoms with Gasteiger partial charge in [0.15, 0.2) is 6.10 Å². The average Bonchev–Trinajstić information content (AvgIpc) is 3.00. The Kier molecular flexibility index (Phi) is 14.1. The van der Waals surface area contributed by atoms with E-state index in [2.05, 4.69) is 5.32 Å². The highest BCUT2D eigenvalue weighted by atomic mass is 32.2. The van der Waals surface area contributed by atoms with Crippen LogP contribution in [0, 0.1) is 5.92 Å². The number of nitrogens with zero attached hydrogens (tertiary/aromatic N) is 2. The SMILES string of the molecule is CSC[C@@H](C(N)=O)N(C(=O)[C@H](Cc1ccccc1)NC(=O)N1CCOCC1)[C@@H](CC1CCCCC1)[C@@H](O)C(=O)OC(C)C. The van der Waals surface area contributed by atoms with Crippen LogP contribution in [-0.2, 0) is 30.3 Å². The van der Waals surface area contributed by atoms with E-state index in [0.29, 0.717) is 32.7 Å². The maximum atomic E-state index is 14.7. The number of rotatable bonds is 14. The quantitative estimate of drug-likeness (QED) is 0.268. The van der Waals surface area contributed by atoms with Crippen molar-refractivity contribution in [2.45, 2.75) is 89.1 Å². The van der Waals surface area contributed by atoms with Crippen molar-refractivity contribution in [2.24, 2.45) is 11.7 Å². The molecule has 43 heavy (non-hydrogen) atoms. The summed E-state index contributed by atoms with van der Waals surface area (Å²) in [5.41, 5.74) is 6.71. The van der Waals surface area contributed by atoms with E-state index in [1.807, 2.05) is 30.3 Å². The van der Waals surface area contributed by atoms with Gasteiger partial charge < -0.3 is 35.4 Å². The lowest BCUT2D eigenvalue weighted by Gasteiger charge is -2.42. The van der Waals surface area contributed by atoms with Gasteiger partial charge in [-0.25, -0.2) is 9.59 Å². The Balaban J connectivity index is 2.06. The van der Waals surface area contributed by atoms with Crippen molar-refractivity contribution in [2.75, 3.05) is 38.3 Å². The summed E-state index contributed by atoms with van der Waals surface area (Å²) in [6.07, 6.45) is 4.92. The minimum Gasteiger partial charge on any atom is -0.461 e. The molecular weight excluding hydrogens is 572 g/mol. The number of benzene rings is 1. The second-order valence-electron chi connectivity index (χ2n) is 11.6. The van der Waals surface area contributed by atoms with Crippen LogP contribution in [0.4, 0.5) is 4.79 Å². The predicted molar refractivity (Wildman–Crippen MR) is 165 cm³/mol. The van der Waals surface area contributed by atoms with Gasteiger partial charge in [0.25, 0.3) is 0 Å². The van der Waals surface area contributed by atoms with Crippen LogP contribution in [0.25, 0.3) is 0 Å². The lowest BCUT2D eigenvalue weighted by atomic mass is 9.82. The first-order valence-electron chi connectivity index (χ1n) is 15.3. The number of primary amides is 1. The smallest absolute Gasteiger partial charge is 0.337 e. The molecule has 1 aliphatic heterocycles. The molecule has 0 spiro atoms. The molecule has 1 aromatic rings. The minimum absolute atomic E-state index is 0.133. The number of morpholine rings is 1. The summed E-state index contributed by atoms with van der Waals surface area (Å²) in [5.74, 6) is -1.91. The number of aliphatic hydroxyl groups is 1. The largest absolute Gasteiger partial charge is 0.461 e. The molecule has 1 heterocycles. The molecule has 11 nitrogen and oxygen atoms in total. The van der Waals surface area contributed by atoms with Crippen LogP contribution < -0.4 is 11.1 Å². The number of amides is 4. The molecule has 1 saturated heterocycles. The first-order chi connectivity index (χ1) is 20.6. The maximum Gasteiger partial charge on any atom is 0.337 e. The molecule has 4 amide bonds. The first-order valence-corrected chi connectivity index (χ1v) is 16.7. The average molecular weight is 621 g/mol. The lowest BCUT2D eigenvalue weighted by Crippen LogP contribution is -2.64. The molecule has 0 aromatic heterocycles. The fourth-order valence-corrected chi connectivity index (χ4v) is 6.50. The fraction of sp³-hybridized carbons (Fsp3) is 0.677. The molecule has 0 bridgehead atoms. The molecule has 2 aliphatic rings. The highest BCUT2D eigenvalue weighted by molar-refractivity contribution is 7.98. The molecule has 12 heteroatoms. The Morgan fingerprint density at radius 3 is 2.35 bits per heavy atom. The second kappa shape index (κ2) is 17.5. The summed E-state index contributed by atoms with van der Waals surface area (Å²) in [5, 5.41) is 14.4. The van der Waals surface area contributed by atoms with E-state index < -0.39 is 54.1 Å². The van der Waals surface area contributed by atoms with E-state index in [-0.39, 0.29) is 18.1 Å². The molecule has 2 fully saturated rings. The standard InChI is InChI=1S/C31H48N4O7S/c1-21(2)42-30(39)27(36)25(19-23-12-8-5-9-13-23)35(26(20-43-3)28(32)37)29(38)24(18-22-10-6-4-7-11-22)33-31(40)34-14-16-41-17-15-34/h4,6-7,10-11,21,23-27,36H,5,8-9,12-20H2,1-3H3,(H2,32,37)(H,33,40)/t24-,25-,26-,27+/m0/s1. The number of esters is 1. The molecular formula is C31H48N4O7S. The molecule has 240 valence electrons. The van der Waals surface area contributed by atoms with Gasteiger partial charge in [-0.2, -0.15) is 11.8 Å². The van der Waals surface area contributed by atoms with Crippen LogP contribution in [0.3, 0.4) is 0 Å². The van der Waals surface area contributed by atoms with Gasteiger partial charge >= 0.3 is 12.0 Å². The Morgan fingerprint density at radius 1 is 1.12 bits per heavy atom. The number of hydrogen-bond acceptors (Lipinski definition) is 8. The zero-order chi connectivity index (χ0) is 31.4. The predicted octanol–water partition coefficient (Wildman–Crippen LogP) is 2.34. The van der Waals surface area contributed by atoms with Gasteiger partial charge in [0.2, 0.25) is 11.8 Å². The number of carbonyl (C=O) groups excluding carboxylic acids is 4. The Hall–Kier alpha value is -2.83. The summed E-state index contributed by atoms with van der Waals surface area (Å²) >= 11 is 1.33. The summed E-state index contributed by atoms with van der Waals surface area (Å²) in [7, 11) is 0. The number of carbonyl (C=O) groups is 4. The summed E-state index contributed by atoms with van der Waals surface area (Å²) < 4.78 is 10.8. The Bertz CT molecular complexity index is 1050. The normalized spacial score (nSPS) is 18.8. The molecule has 4 atom stereocenters. The molecule has 1 aromatic carbocycles. The van der Waals surface area contributed by atoms with E-state index in [1.54, 1.807) is 25.0 Å². The van der Waals surface area contributed by atoms with E-state index in [1.165, 1.54) is 16.7 Å². The molecule has 4 N–H and O–H groups in total. The van der Waals surface area contributed by atoms with Gasteiger partial charge in [0, 0.05) is 25.3 Å². The maximum absolute atomic E-state index is 14.7. The van der Waals surface area contributed by atoms with E-state index in [9.17, 15) is 24.3 Å². The number of hydrogen-bond donors (Lipinski definition) is 3. The van der Waals surface area contributed by atoms with Gasteiger partial charge in [0.1, 0.15) is 12.1 Å². The Morgan fingerprint density at radius 2 is 1.77 bits per heavy atom. The highest BCUT2D eigenvalue weighted by Gasteiger charge is 2.44. The van der Waals surface area contributed by atoms with Crippen molar-refractivity contribution < 1.29 is 33.8 Å². The van der Waals surface area contributed by atoms with Gasteiger partial charge in [-0.1, -0.05) is 62.4 Å². The number of nitrogens with one attached hydrogen (secondary N) is 1. The van der Waals surface area contributed by atoms with Crippen LogP contribution >= 0.6 is 11.8 Å². The van der Waals surface area contributed by atoms with Crippen LogP contribution in [0.5, 0.6) is 0 Å². The summed E-state index contributed by atoms with van der Waals surface area (Å²) in [6, 6.07) is 5.52. The number of nitrogens with two attached hydrogens (primary N) is 1. The van der Waals surface area contributed by atoms with Crippen molar-refractivity contribution in [1.82, 2.24) is 15.1 Å². The monoisotopic (exact) mass is 620 g/mol.